The number of hydrogen-bond donors (Lipinski definition) is 0. The van der Waals surface area contributed by atoms with Crippen molar-refractivity contribution in [3.63, 3.8) is 0 Å². The van der Waals surface area contributed by atoms with E-state index in [2.05, 4.69) is 53.3 Å². The summed E-state index contributed by atoms with van der Waals surface area (Å²) in [5.41, 5.74) is 0. The fourth-order valence-electron chi connectivity index (χ4n) is 2.50. The number of rotatable bonds is 3. The monoisotopic (exact) mass is 274 g/mol. The Balaban J connectivity index is 1.66. The van der Waals surface area contributed by atoms with Crippen LogP contribution in [0.5, 0.6) is 0 Å². The Morgan fingerprint density at radius 3 is 2.44 bits per heavy atom. The normalized spacial score (nSPS) is 17.1. The molecule has 1 saturated carbocycles. The molecule has 0 atom stereocenters. The van der Waals surface area contributed by atoms with Gasteiger partial charge in [0, 0.05) is 10.1 Å². The van der Waals surface area contributed by atoms with E-state index < -0.39 is 0 Å². The fraction of sp³-hybridized carbons (Fsp3) is 0.375. The predicted octanol–water partition coefficient (Wildman–Crippen LogP) is 5.91. The molecule has 18 heavy (non-hydrogen) atoms. The molecule has 0 radical (unpaired) electrons. The molecule has 0 N–H and O–H groups in total. The average Bonchev–Trinajstić information content (AvgIpc) is 2.46. The Morgan fingerprint density at radius 2 is 1.61 bits per heavy atom. The molecule has 0 aliphatic heterocycles. The van der Waals surface area contributed by atoms with Crippen molar-refractivity contribution in [3.05, 3.63) is 42.5 Å². The molecule has 0 amide bonds. The van der Waals surface area contributed by atoms with E-state index in [1.807, 2.05) is 10.8 Å². The summed E-state index contributed by atoms with van der Waals surface area (Å²) in [6, 6.07) is 15.4. The summed E-state index contributed by atoms with van der Waals surface area (Å²) in [5.74, 6) is 0. The molecule has 0 heterocycles. The highest BCUT2D eigenvalue weighted by atomic mass is 33.1. The van der Waals surface area contributed by atoms with Gasteiger partial charge in [0.15, 0.2) is 0 Å². The number of hydrogen-bond acceptors (Lipinski definition) is 2. The molecule has 2 aromatic rings. The zero-order valence-corrected chi connectivity index (χ0v) is 12.1. The molecule has 1 aliphatic carbocycles. The van der Waals surface area contributed by atoms with Crippen LogP contribution >= 0.6 is 21.6 Å². The lowest BCUT2D eigenvalue weighted by Gasteiger charge is -2.20. The van der Waals surface area contributed by atoms with Crippen LogP contribution in [0.15, 0.2) is 47.4 Å². The number of fused-ring (bicyclic) bond motifs is 1. The van der Waals surface area contributed by atoms with Gasteiger partial charge in [0.05, 0.1) is 0 Å². The largest absolute Gasteiger partial charge is 0.0855 e. The second-order valence-corrected chi connectivity index (χ2v) is 7.52. The van der Waals surface area contributed by atoms with Crippen LogP contribution in [0.1, 0.15) is 32.1 Å². The van der Waals surface area contributed by atoms with Crippen molar-refractivity contribution in [3.8, 4) is 0 Å². The number of benzene rings is 2. The van der Waals surface area contributed by atoms with Crippen molar-refractivity contribution >= 4 is 32.4 Å². The summed E-state index contributed by atoms with van der Waals surface area (Å²) in [6.07, 6.45) is 7.11. The van der Waals surface area contributed by atoms with Crippen LogP contribution in [0.4, 0.5) is 0 Å². The molecule has 94 valence electrons. The first kappa shape index (κ1) is 12.4. The SMILES string of the molecule is c1ccc2cc(SSC3CCCCC3)ccc2c1. The van der Waals surface area contributed by atoms with E-state index in [4.69, 9.17) is 0 Å². The maximum Gasteiger partial charge on any atom is 0.0189 e. The zero-order chi connectivity index (χ0) is 12.2. The minimum atomic E-state index is 0.871. The van der Waals surface area contributed by atoms with Crippen molar-refractivity contribution < 1.29 is 0 Å². The van der Waals surface area contributed by atoms with Crippen molar-refractivity contribution in [2.24, 2.45) is 0 Å². The highest BCUT2D eigenvalue weighted by molar-refractivity contribution is 8.76. The topological polar surface area (TPSA) is 0 Å². The van der Waals surface area contributed by atoms with Crippen LogP contribution in [-0.4, -0.2) is 5.25 Å². The van der Waals surface area contributed by atoms with Gasteiger partial charge in [-0.05, 0) is 35.7 Å². The van der Waals surface area contributed by atoms with E-state index in [9.17, 15) is 0 Å². The van der Waals surface area contributed by atoms with Gasteiger partial charge in [-0.25, -0.2) is 0 Å². The van der Waals surface area contributed by atoms with Gasteiger partial charge < -0.3 is 0 Å². The molecular weight excluding hydrogens is 256 g/mol. The molecule has 3 rings (SSSR count). The molecule has 1 fully saturated rings. The first-order chi connectivity index (χ1) is 8.92. The summed E-state index contributed by atoms with van der Waals surface area (Å²) >= 11 is 0. The molecule has 1 aliphatic rings. The lowest BCUT2D eigenvalue weighted by molar-refractivity contribution is 0.517. The van der Waals surface area contributed by atoms with E-state index >= 15 is 0 Å². The van der Waals surface area contributed by atoms with Gasteiger partial charge in [-0.3, -0.25) is 0 Å². The Morgan fingerprint density at radius 1 is 0.833 bits per heavy atom. The van der Waals surface area contributed by atoms with E-state index in [-0.39, 0.29) is 0 Å². The van der Waals surface area contributed by atoms with Crippen molar-refractivity contribution in [1.29, 1.82) is 0 Å². The maximum atomic E-state index is 2.32. The molecule has 0 saturated heterocycles. The van der Waals surface area contributed by atoms with Gasteiger partial charge in [0.2, 0.25) is 0 Å². The van der Waals surface area contributed by atoms with E-state index in [0.29, 0.717) is 0 Å². The molecule has 0 spiro atoms. The minimum absolute atomic E-state index is 0.871. The van der Waals surface area contributed by atoms with Crippen molar-refractivity contribution in [1.82, 2.24) is 0 Å². The molecular formula is C16H18S2. The van der Waals surface area contributed by atoms with E-state index in [1.165, 1.54) is 47.8 Å². The zero-order valence-electron chi connectivity index (χ0n) is 10.5. The Bertz CT molecular complexity index is 515. The van der Waals surface area contributed by atoms with Crippen LogP contribution in [0, 0.1) is 0 Å². The quantitative estimate of drug-likeness (QED) is 0.638. The van der Waals surface area contributed by atoms with Crippen molar-refractivity contribution in [2.45, 2.75) is 42.2 Å². The van der Waals surface area contributed by atoms with Crippen LogP contribution in [0.25, 0.3) is 10.8 Å². The lowest BCUT2D eigenvalue weighted by Crippen LogP contribution is -2.06. The third-order valence-electron chi connectivity index (χ3n) is 3.55. The van der Waals surface area contributed by atoms with Gasteiger partial charge in [0.1, 0.15) is 0 Å². The van der Waals surface area contributed by atoms with Crippen molar-refractivity contribution in [2.75, 3.05) is 0 Å². The Labute approximate surface area is 117 Å². The predicted molar refractivity (Wildman–Crippen MR) is 84.3 cm³/mol. The summed E-state index contributed by atoms with van der Waals surface area (Å²) in [7, 11) is 4.03. The molecule has 0 aromatic heterocycles. The van der Waals surface area contributed by atoms with Gasteiger partial charge in [-0.15, -0.1) is 0 Å². The van der Waals surface area contributed by atoms with Crippen LogP contribution in [0.2, 0.25) is 0 Å². The van der Waals surface area contributed by atoms with E-state index in [1.54, 1.807) is 0 Å². The first-order valence-electron chi connectivity index (χ1n) is 6.74. The Kier molecular flexibility index (Phi) is 4.16. The fourth-order valence-corrected chi connectivity index (χ4v) is 5.21. The average molecular weight is 274 g/mol. The second kappa shape index (κ2) is 6.03. The van der Waals surface area contributed by atoms with Gasteiger partial charge in [-0.2, -0.15) is 0 Å². The van der Waals surface area contributed by atoms with Gasteiger partial charge in [-0.1, -0.05) is 71.2 Å². The van der Waals surface area contributed by atoms with Crippen LogP contribution in [-0.2, 0) is 0 Å². The molecule has 2 aromatic carbocycles. The smallest absolute Gasteiger partial charge is 0.0189 e. The van der Waals surface area contributed by atoms with Crippen LogP contribution in [0.3, 0.4) is 0 Å². The van der Waals surface area contributed by atoms with Gasteiger partial charge in [0.25, 0.3) is 0 Å². The standard InChI is InChI=1S/C16H18S2/c1-2-8-15(9-3-1)17-18-16-11-10-13-6-4-5-7-14(13)12-16/h4-7,10-12,15H,1-3,8-9H2. The maximum absolute atomic E-state index is 2.32. The highest BCUT2D eigenvalue weighted by Gasteiger charge is 2.14. The third kappa shape index (κ3) is 3.04. The minimum Gasteiger partial charge on any atom is -0.0855 e. The molecule has 2 heteroatoms. The molecule has 0 unspecified atom stereocenters. The van der Waals surface area contributed by atoms with Gasteiger partial charge >= 0.3 is 0 Å². The first-order valence-corrected chi connectivity index (χ1v) is 8.95. The summed E-state index contributed by atoms with van der Waals surface area (Å²) in [5, 5.41) is 3.56. The third-order valence-corrected chi connectivity index (χ3v) is 6.52. The summed E-state index contributed by atoms with van der Waals surface area (Å²) in [4.78, 5) is 1.39. The second-order valence-electron chi connectivity index (χ2n) is 4.95. The molecule has 0 nitrogen and oxygen atoms in total. The summed E-state index contributed by atoms with van der Waals surface area (Å²) < 4.78 is 0. The lowest BCUT2D eigenvalue weighted by atomic mass is 10.0. The van der Waals surface area contributed by atoms with Crippen LogP contribution < -0.4 is 0 Å². The van der Waals surface area contributed by atoms with E-state index in [0.717, 1.165) is 5.25 Å². The highest BCUT2D eigenvalue weighted by Crippen LogP contribution is 2.40. The molecule has 0 bridgehead atoms. The summed E-state index contributed by atoms with van der Waals surface area (Å²) in [6.45, 7) is 0. The Hall–Kier alpha value is -0.600.